The molecule has 0 fully saturated rings. The van der Waals surface area contributed by atoms with E-state index in [1.54, 1.807) is 0 Å². The van der Waals surface area contributed by atoms with Gasteiger partial charge in [0.25, 0.3) is 23.9 Å². The van der Waals surface area contributed by atoms with Crippen LogP contribution in [0.4, 0.5) is 0 Å². The fourth-order valence-electron chi connectivity index (χ4n) is 0.236. The van der Waals surface area contributed by atoms with E-state index >= 15 is 0 Å². The number of carbonyl (C=O) groups is 4. The van der Waals surface area contributed by atoms with Crippen molar-refractivity contribution in [1.29, 1.82) is 0 Å². The molecule has 0 aromatic heterocycles. The zero-order valence-corrected chi connectivity index (χ0v) is 16.0. The lowest BCUT2D eigenvalue weighted by molar-refractivity contribution is -0.135. The summed E-state index contributed by atoms with van der Waals surface area (Å²) in [7, 11) is 0. The Balaban J connectivity index is -0.0000000463. The third kappa shape index (κ3) is 3150. The van der Waals surface area contributed by atoms with Crippen LogP contribution < -0.4 is 22.9 Å². The first-order valence-electron chi connectivity index (χ1n) is 7.34. The molecule has 0 aliphatic rings. The molecular formula is C14H36N4O8. The van der Waals surface area contributed by atoms with Gasteiger partial charge in [-0.05, 0) is 39.0 Å². The van der Waals surface area contributed by atoms with Crippen molar-refractivity contribution in [2.45, 2.75) is 40.5 Å². The Labute approximate surface area is 154 Å². The molecule has 0 rings (SSSR count). The van der Waals surface area contributed by atoms with E-state index in [2.05, 4.69) is 0 Å². The number of hydrogen-bond acceptors (Lipinski definition) is 8. The molecule has 26 heavy (non-hydrogen) atoms. The maximum Gasteiger partial charge on any atom is 0.300 e. The van der Waals surface area contributed by atoms with Crippen molar-refractivity contribution in [2.24, 2.45) is 22.9 Å². The zero-order chi connectivity index (χ0) is 22.6. The van der Waals surface area contributed by atoms with Crippen molar-refractivity contribution in [3.63, 3.8) is 0 Å². The quantitative estimate of drug-likeness (QED) is 0.287. The van der Waals surface area contributed by atoms with Gasteiger partial charge in [-0.1, -0.05) is 0 Å². The molecular weight excluding hydrogens is 352 g/mol. The van der Waals surface area contributed by atoms with Gasteiger partial charge in [-0.25, -0.2) is 0 Å². The summed E-state index contributed by atoms with van der Waals surface area (Å²) in [5, 5.41) is 29.7. The molecule has 0 amide bonds. The molecule has 0 atom stereocenters. The highest BCUT2D eigenvalue weighted by Gasteiger charge is 1.68. The van der Waals surface area contributed by atoms with Crippen molar-refractivity contribution >= 4 is 23.9 Å². The Morgan fingerprint density at radius 1 is 0.500 bits per heavy atom. The van der Waals surface area contributed by atoms with E-state index in [0.717, 1.165) is 66.7 Å². The first-order valence-corrected chi connectivity index (χ1v) is 7.34. The van der Waals surface area contributed by atoms with Gasteiger partial charge in [0.2, 0.25) is 0 Å². The molecule has 0 aliphatic heterocycles. The average Bonchev–Trinajstić information content (AvgIpc) is 2.38. The first kappa shape index (κ1) is 39.0. The van der Waals surface area contributed by atoms with E-state index in [0.29, 0.717) is 0 Å². The summed E-state index contributed by atoms with van der Waals surface area (Å²) in [5.41, 5.74) is 20.2. The third-order valence-electron chi connectivity index (χ3n) is 0.816. The molecule has 12 heteroatoms. The monoisotopic (exact) mass is 388 g/mol. The van der Waals surface area contributed by atoms with Crippen molar-refractivity contribution in [3.05, 3.63) is 0 Å². The smallest absolute Gasteiger partial charge is 0.300 e. The van der Waals surface area contributed by atoms with Gasteiger partial charge in [0.05, 0.1) is 0 Å². The van der Waals surface area contributed by atoms with Crippen LogP contribution >= 0.6 is 0 Å². The minimum atomic E-state index is -0.833. The van der Waals surface area contributed by atoms with E-state index in [1.807, 2.05) is 0 Å². The van der Waals surface area contributed by atoms with Gasteiger partial charge < -0.3 is 43.4 Å². The highest BCUT2D eigenvalue weighted by Crippen LogP contribution is 1.58. The number of carboxylic acids is 4. The Morgan fingerprint density at radius 2 is 0.577 bits per heavy atom. The van der Waals surface area contributed by atoms with Crippen LogP contribution in [0.25, 0.3) is 0 Å². The van der Waals surface area contributed by atoms with E-state index < -0.39 is 23.9 Å². The highest BCUT2D eigenvalue weighted by molar-refractivity contribution is 5.63. The molecule has 160 valence electrons. The lowest BCUT2D eigenvalue weighted by Gasteiger charge is -1.81. The van der Waals surface area contributed by atoms with Crippen LogP contribution in [0, 0.1) is 0 Å². The molecule has 12 nitrogen and oxygen atoms in total. The lowest BCUT2D eigenvalue weighted by atomic mass is 10.4. The summed E-state index contributed by atoms with van der Waals surface area (Å²) in [6.07, 6.45) is 1.89. The van der Waals surface area contributed by atoms with Crippen LogP contribution in [0.5, 0.6) is 0 Å². The van der Waals surface area contributed by atoms with Gasteiger partial charge in [0.15, 0.2) is 0 Å². The summed E-state index contributed by atoms with van der Waals surface area (Å²) in [6.45, 7) is 7.21. The predicted molar refractivity (Wildman–Crippen MR) is 98.7 cm³/mol. The second-order valence-electron chi connectivity index (χ2n) is 3.94. The third-order valence-corrected chi connectivity index (χ3v) is 0.816. The molecule has 12 N–H and O–H groups in total. The van der Waals surface area contributed by atoms with Gasteiger partial charge in [-0.15, -0.1) is 0 Å². The minimum Gasteiger partial charge on any atom is -0.481 e. The van der Waals surface area contributed by atoms with E-state index in [9.17, 15) is 0 Å². The molecule has 0 radical (unpaired) electrons. The fourth-order valence-corrected chi connectivity index (χ4v) is 0.236. The Kier molecular flexibility index (Phi) is 65.1. The maximum absolute atomic E-state index is 9.00. The fraction of sp³-hybridized carbons (Fsp3) is 0.714. The van der Waals surface area contributed by atoms with E-state index in [-0.39, 0.29) is 0 Å². The van der Waals surface area contributed by atoms with Crippen LogP contribution in [-0.4, -0.2) is 70.5 Å². The van der Waals surface area contributed by atoms with Gasteiger partial charge in [0.1, 0.15) is 0 Å². The normalized spacial score (nSPS) is 7.08. The van der Waals surface area contributed by atoms with Crippen LogP contribution in [0.3, 0.4) is 0 Å². The van der Waals surface area contributed by atoms with E-state index in [1.165, 1.54) is 0 Å². The number of carboxylic acid groups (broad SMARTS) is 4. The first-order chi connectivity index (χ1) is 11.8. The molecule has 0 aliphatic carbocycles. The van der Waals surface area contributed by atoms with Crippen molar-refractivity contribution in [3.8, 4) is 0 Å². The summed E-state index contributed by atoms with van der Waals surface area (Å²) in [5.74, 6) is -3.33. The highest BCUT2D eigenvalue weighted by atomic mass is 16.4. The predicted octanol–water partition coefficient (Wildman–Crippen LogP) is -1.05. The summed E-state index contributed by atoms with van der Waals surface area (Å²) in [6, 6.07) is 0. The second-order valence-corrected chi connectivity index (χ2v) is 3.94. The molecule has 0 unspecified atom stereocenters. The van der Waals surface area contributed by atoms with Gasteiger partial charge in [-0.3, -0.25) is 19.2 Å². The largest absolute Gasteiger partial charge is 0.481 e. The number of nitrogens with two attached hydrogens (primary N) is 4. The van der Waals surface area contributed by atoms with Crippen LogP contribution in [0.1, 0.15) is 40.5 Å². The standard InChI is InChI=1S/2C3H10N2.4C2H4O2/c2*4-2-1-3-5;4*1-2(3)4/h2*1-5H2;4*1H3,(H,3,4). The maximum atomic E-state index is 9.00. The number of hydrogen-bond donors (Lipinski definition) is 8. The number of aliphatic carboxylic acids is 4. The average molecular weight is 388 g/mol. The SMILES string of the molecule is CC(=O)O.CC(=O)O.CC(=O)O.CC(=O)O.NCCCN.NCCCN. The molecule has 0 aromatic carbocycles. The second kappa shape index (κ2) is 43.4. The van der Waals surface area contributed by atoms with Crippen molar-refractivity contribution in [2.75, 3.05) is 26.2 Å². The molecule has 0 heterocycles. The lowest BCUT2D eigenvalue weighted by Crippen LogP contribution is -2.06. The minimum absolute atomic E-state index is 0.719. The van der Waals surface area contributed by atoms with Crippen molar-refractivity contribution in [1.82, 2.24) is 0 Å². The molecule has 0 saturated heterocycles. The van der Waals surface area contributed by atoms with E-state index in [4.69, 9.17) is 62.5 Å². The van der Waals surface area contributed by atoms with Crippen LogP contribution in [0.2, 0.25) is 0 Å². The topological polar surface area (TPSA) is 253 Å². The Hall–Kier alpha value is -2.28. The zero-order valence-electron chi connectivity index (χ0n) is 16.0. The van der Waals surface area contributed by atoms with Gasteiger partial charge in [0, 0.05) is 27.7 Å². The molecule has 0 saturated carbocycles. The number of rotatable bonds is 4. The summed E-state index contributed by atoms with van der Waals surface area (Å²) >= 11 is 0. The van der Waals surface area contributed by atoms with Gasteiger partial charge in [-0.2, -0.15) is 0 Å². The molecule has 0 spiro atoms. The molecule has 0 bridgehead atoms. The Morgan fingerprint density at radius 3 is 0.577 bits per heavy atom. The van der Waals surface area contributed by atoms with Crippen LogP contribution in [0.15, 0.2) is 0 Å². The summed E-state index contributed by atoms with van der Waals surface area (Å²) in [4.78, 5) is 36.0. The Bertz CT molecular complexity index is 241. The van der Waals surface area contributed by atoms with Crippen molar-refractivity contribution < 1.29 is 39.6 Å². The molecule has 0 aromatic rings. The van der Waals surface area contributed by atoms with Crippen LogP contribution in [-0.2, 0) is 19.2 Å². The van der Waals surface area contributed by atoms with Gasteiger partial charge >= 0.3 is 0 Å². The summed E-state index contributed by atoms with van der Waals surface area (Å²) < 4.78 is 0.